The summed E-state index contributed by atoms with van der Waals surface area (Å²) in [5.41, 5.74) is 0.349. The van der Waals surface area contributed by atoms with E-state index in [-0.39, 0.29) is 11.6 Å². The molecule has 1 unspecified atom stereocenters. The minimum Gasteiger partial charge on any atom is -0.480 e. The van der Waals surface area contributed by atoms with Crippen LogP contribution in [0.3, 0.4) is 0 Å². The van der Waals surface area contributed by atoms with E-state index in [2.05, 4.69) is 5.10 Å². The summed E-state index contributed by atoms with van der Waals surface area (Å²) < 4.78 is 1.41. The number of carboxylic acid groups (broad SMARTS) is 1. The predicted molar refractivity (Wildman–Crippen MR) is 76.0 cm³/mol. The van der Waals surface area contributed by atoms with E-state index in [9.17, 15) is 20.0 Å². The highest BCUT2D eigenvalue weighted by Gasteiger charge is 2.32. The van der Waals surface area contributed by atoms with Crippen molar-refractivity contribution in [1.82, 2.24) is 9.78 Å². The Morgan fingerprint density at radius 2 is 2.15 bits per heavy atom. The van der Waals surface area contributed by atoms with Crippen molar-refractivity contribution in [2.75, 3.05) is 0 Å². The lowest BCUT2D eigenvalue weighted by atomic mass is 10.1. The van der Waals surface area contributed by atoms with E-state index in [0.717, 1.165) is 18.2 Å². The van der Waals surface area contributed by atoms with Gasteiger partial charge in [0, 0.05) is 7.05 Å². The third kappa shape index (κ3) is 3.50. The van der Waals surface area contributed by atoms with Gasteiger partial charge in [-0.15, -0.1) is 0 Å². The summed E-state index contributed by atoms with van der Waals surface area (Å²) in [6, 6.07) is 0. The van der Waals surface area contributed by atoms with E-state index in [1.807, 2.05) is 6.92 Å². The maximum Gasteiger partial charge on any atom is 0.323 e. The van der Waals surface area contributed by atoms with Crippen molar-refractivity contribution < 1.29 is 14.8 Å². The summed E-state index contributed by atoms with van der Waals surface area (Å²) in [5, 5.41) is 24.2. The van der Waals surface area contributed by atoms with Gasteiger partial charge in [-0.25, -0.2) is 0 Å². The number of aliphatic carboxylic acids is 1. The Balaban J connectivity index is 3.22. The summed E-state index contributed by atoms with van der Waals surface area (Å²) in [6.07, 6.45) is 1.25. The topological polar surface area (TPSA) is 98.3 Å². The Morgan fingerprint density at radius 1 is 1.55 bits per heavy atom. The third-order valence-electron chi connectivity index (χ3n) is 2.80. The number of aromatic nitrogens is 2. The smallest absolute Gasteiger partial charge is 0.323 e. The van der Waals surface area contributed by atoms with E-state index in [1.54, 1.807) is 20.9 Å². The zero-order chi connectivity index (χ0) is 15.4. The quantitative estimate of drug-likeness (QED) is 0.472. The molecular weight excluding hydrogens is 282 g/mol. The number of carbonyl (C=O) groups is 1. The predicted octanol–water partition coefficient (Wildman–Crippen LogP) is 2.48. The van der Waals surface area contributed by atoms with Crippen molar-refractivity contribution in [3.8, 4) is 0 Å². The summed E-state index contributed by atoms with van der Waals surface area (Å²) in [6.45, 7) is 5.47. The highest BCUT2D eigenvalue weighted by atomic mass is 32.2. The monoisotopic (exact) mass is 301 g/mol. The molecule has 1 N–H and O–H groups in total. The second kappa shape index (κ2) is 6.74. The number of carboxylic acids is 1. The van der Waals surface area contributed by atoms with Crippen LogP contribution >= 0.6 is 11.8 Å². The van der Waals surface area contributed by atoms with Gasteiger partial charge in [-0.3, -0.25) is 19.6 Å². The van der Waals surface area contributed by atoms with Crippen LogP contribution in [-0.2, 0) is 18.3 Å². The molecule has 20 heavy (non-hydrogen) atoms. The molecule has 0 bridgehead atoms. The zero-order valence-electron chi connectivity index (χ0n) is 12.0. The maximum atomic E-state index is 11.2. The van der Waals surface area contributed by atoms with Gasteiger partial charge in [-0.05, 0) is 12.3 Å². The largest absolute Gasteiger partial charge is 0.480 e. The fraction of sp³-hybridized carbons (Fsp3) is 0.667. The molecule has 0 aliphatic carbocycles. The van der Waals surface area contributed by atoms with Gasteiger partial charge in [0.2, 0.25) is 0 Å². The molecule has 0 fully saturated rings. The molecule has 1 heterocycles. The number of nitro groups is 1. The molecule has 0 aliphatic heterocycles. The summed E-state index contributed by atoms with van der Waals surface area (Å²) in [4.78, 5) is 22.0. The SMILES string of the molecule is CCCc1nn(C)c(SC(C(=O)O)C(C)C)c1[N+](=O)[O-]. The molecule has 0 aliphatic rings. The Labute approximate surface area is 121 Å². The van der Waals surface area contributed by atoms with Crippen LogP contribution < -0.4 is 0 Å². The molecule has 1 aromatic heterocycles. The first-order valence-corrected chi connectivity index (χ1v) is 7.27. The number of rotatable bonds is 7. The van der Waals surface area contributed by atoms with Crippen molar-refractivity contribution in [3.05, 3.63) is 15.8 Å². The fourth-order valence-electron chi connectivity index (χ4n) is 1.86. The van der Waals surface area contributed by atoms with Crippen molar-refractivity contribution in [3.63, 3.8) is 0 Å². The van der Waals surface area contributed by atoms with Gasteiger partial charge in [0.1, 0.15) is 10.9 Å². The van der Waals surface area contributed by atoms with Crippen LogP contribution in [0.2, 0.25) is 0 Å². The molecule has 1 atom stereocenters. The molecule has 1 aromatic rings. The minimum atomic E-state index is -0.975. The van der Waals surface area contributed by atoms with E-state index in [1.165, 1.54) is 4.68 Å². The van der Waals surface area contributed by atoms with Crippen LogP contribution in [0.15, 0.2) is 5.03 Å². The average Bonchev–Trinajstić information content (AvgIpc) is 2.62. The lowest BCUT2D eigenvalue weighted by molar-refractivity contribution is -0.388. The molecule has 0 spiro atoms. The molecule has 0 radical (unpaired) electrons. The lowest BCUT2D eigenvalue weighted by Crippen LogP contribution is -2.23. The van der Waals surface area contributed by atoms with Crippen LogP contribution in [0, 0.1) is 16.0 Å². The minimum absolute atomic E-state index is 0.0637. The summed E-state index contributed by atoms with van der Waals surface area (Å²) in [7, 11) is 1.60. The Morgan fingerprint density at radius 3 is 2.55 bits per heavy atom. The first-order chi connectivity index (χ1) is 9.29. The molecule has 1 rings (SSSR count). The fourth-order valence-corrected chi connectivity index (χ4v) is 2.97. The number of aryl methyl sites for hydroxylation is 2. The van der Waals surface area contributed by atoms with E-state index in [4.69, 9.17) is 0 Å². The standard InChI is InChI=1S/C12H19N3O4S/c1-5-6-8-9(15(18)19)11(14(4)13-8)20-10(7(2)3)12(16)17/h7,10H,5-6H2,1-4H3,(H,16,17). The lowest BCUT2D eigenvalue weighted by Gasteiger charge is -2.14. The molecule has 7 nitrogen and oxygen atoms in total. The Kier molecular flexibility index (Phi) is 5.55. The van der Waals surface area contributed by atoms with Crippen LogP contribution in [0.1, 0.15) is 32.9 Å². The molecular formula is C12H19N3O4S. The van der Waals surface area contributed by atoms with Crippen molar-refractivity contribution in [2.45, 2.75) is 43.9 Å². The number of hydrogen-bond acceptors (Lipinski definition) is 5. The summed E-state index contributed by atoms with van der Waals surface area (Å²) >= 11 is 0.992. The number of hydrogen-bond donors (Lipinski definition) is 1. The number of nitrogens with zero attached hydrogens (tertiary/aromatic N) is 3. The van der Waals surface area contributed by atoms with Crippen LogP contribution in [-0.4, -0.2) is 31.0 Å². The highest BCUT2D eigenvalue weighted by molar-refractivity contribution is 8.00. The van der Waals surface area contributed by atoms with E-state index < -0.39 is 16.1 Å². The van der Waals surface area contributed by atoms with Crippen molar-refractivity contribution in [1.29, 1.82) is 0 Å². The van der Waals surface area contributed by atoms with Gasteiger partial charge in [0.15, 0.2) is 5.03 Å². The van der Waals surface area contributed by atoms with Gasteiger partial charge < -0.3 is 5.11 Å². The first kappa shape index (κ1) is 16.5. The molecule has 0 amide bonds. The molecule has 112 valence electrons. The maximum absolute atomic E-state index is 11.2. The van der Waals surface area contributed by atoms with Crippen LogP contribution in [0.4, 0.5) is 5.69 Å². The van der Waals surface area contributed by atoms with E-state index >= 15 is 0 Å². The van der Waals surface area contributed by atoms with Gasteiger partial charge in [0.25, 0.3) is 0 Å². The molecule has 0 saturated heterocycles. The van der Waals surface area contributed by atoms with Gasteiger partial charge in [-0.1, -0.05) is 39.0 Å². The summed E-state index contributed by atoms with van der Waals surface area (Å²) in [5.74, 6) is -1.11. The average molecular weight is 301 g/mol. The van der Waals surface area contributed by atoms with Gasteiger partial charge in [-0.2, -0.15) is 5.10 Å². The van der Waals surface area contributed by atoms with Gasteiger partial charge in [0.05, 0.1) is 4.92 Å². The Bertz CT molecular complexity index is 513. The van der Waals surface area contributed by atoms with Crippen LogP contribution in [0.25, 0.3) is 0 Å². The van der Waals surface area contributed by atoms with Crippen molar-refractivity contribution >= 4 is 23.4 Å². The zero-order valence-corrected chi connectivity index (χ0v) is 12.8. The second-order valence-electron chi connectivity index (χ2n) is 4.85. The Hall–Kier alpha value is -1.57. The van der Waals surface area contributed by atoms with E-state index in [0.29, 0.717) is 17.1 Å². The van der Waals surface area contributed by atoms with Gasteiger partial charge >= 0.3 is 11.7 Å². The molecule has 8 heteroatoms. The number of thioether (sulfide) groups is 1. The molecule has 0 saturated carbocycles. The second-order valence-corrected chi connectivity index (χ2v) is 5.98. The highest BCUT2D eigenvalue weighted by Crippen LogP contribution is 2.37. The first-order valence-electron chi connectivity index (χ1n) is 6.39. The molecule has 0 aromatic carbocycles. The normalized spacial score (nSPS) is 12.7. The van der Waals surface area contributed by atoms with Crippen LogP contribution in [0.5, 0.6) is 0 Å². The third-order valence-corrected chi connectivity index (χ3v) is 4.48. The van der Waals surface area contributed by atoms with Crippen molar-refractivity contribution in [2.24, 2.45) is 13.0 Å².